The molecule has 3 heteroatoms. The van der Waals surface area contributed by atoms with Gasteiger partial charge >= 0.3 is 0 Å². The Labute approximate surface area is 113 Å². The van der Waals surface area contributed by atoms with Crippen LogP contribution >= 0.6 is 0 Å². The van der Waals surface area contributed by atoms with Crippen LogP contribution in [0.2, 0.25) is 0 Å². The summed E-state index contributed by atoms with van der Waals surface area (Å²) >= 11 is 0. The van der Waals surface area contributed by atoms with Crippen LogP contribution in [0.15, 0.2) is 48.5 Å². The molecule has 1 atom stereocenters. The molecular weight excluding hydrogens is 239 g/mol. The molecule has 0 saturated carbocycles. The molecule has 0 aliphatic heterocycles. The second-order valence-corrected chi connectivity index (χ2v) is 4.75. The number of halogens is 1. The first-order valence-corrected chi connectivity index (χ1v) is 6.37. The van der Waals surface area contributed by atoms with Gasteiger partial charge in [-0.1, -0.05) is 35.9 Å². The Morgan fingerprint density at radius 2 is 1.84 bits per heavy atom. The second kappa shape index (κ2) is 5.85. The van der Waals surface area contributed by atoms with Gasteiger partial charge in [-0.15, -0.1) is 0 Å². The summed E-state index contributed by atoms with van der Waals surface area (Å²) in [7, 11) is 1.94. The fourth-order valence-electron chi connectivity index (χ4n) is 2.18. The molecular formula is C16H19FN2. The maximum atomic E-state index is 13.3. The Morgan fingerprint density at radius 1 is 1.16 bits per heavy atom. The molecule has 2 aromatic rings. The second-order valence-electron chi connectivity index (χ2n) is 4.75. The van der Waals surface area contributed by atoms with E-state index in [1.54, 1.807) is 6.07 Å². The van der Waals surface area contributed by atoms with E-state index in [4.69, 9.17) is 5.73 Å². The highest BCUT2D eigenvalue weighted by Crippen LogP contribution is 2.25. The molecule has 0 aliphatic carbocycles. The summed E-state index contributed by atoms with van der Waals surface area (Å²) in [5.41, 5.74) is 9.07. The van der Waals surface area contributed by atoms with Gasteiger partial charge < -0.3 is 10.6 Å². The predicted octanol–water partition coefficient (Wildman–Crippen LogP) is 3.27. The number of hydrogen-bond donors (Lipinski definition) is 1. The summed E-state index contributed by atoms with van der Waals surface area (Å²) in [6.45, 7) is 2.54. The first-order valence-electron chi connectivity index (χ1n) is 6.37. The molecule has 0 fully saturated rings. The molecule has 1 unspecified atom stereocenters. The number of hydrogen-bond acceptors (Lipinski definition) is 2. The van der Waals surface area contributed by atoms with Gasteiger partial charge in [0.25, 0.3) is 0 Å². The minimum atomic E-state index is -0.232. The summed E-state index contributed by atoms with van der Waals surface area (Å²) in [4.78, 5) is 2.01. The van der Waals surface area contributed by atoms with Crippen LogP contribution in [0.25, 0.3) is 0 Å². The SMILES string of the molecule is Cc1ccc(C(CN)N(C)c2cccc(F)c2)cc1. The Balaban J connectivity index is 2.28. The van der Waals surface area contributed by atoms with Crippen LogP contribution in [0, 0.1) is 12.7 Å². The number of likely N-dealkylation sites (N-methyl/N-ethyl adjacent to an activating group) is 1. The van der Waals surface area contributed by atoms with Crippen LogP contribution in [-0.2, 0) is 0 Å². The quantitative estimate of drug-likeness (QED) is 0.912. The first-order chi connectivity index (χ1) is 9.11. The zero-order valence-corrected chi connectivity index (χ0v) is 11.3. The van der Waals surface area contributed by atoms with E-state index in [0.29, 0.717) is 6.54 Å². The third-order valence-electron chi connectivity index (χ3n) is 3.37. The highest BCUT2D eigenvalue weighted by atomic mass is 19.1. The molecule has 100 valence electrons. The number of benzene rings is 2. The number of nitrogens with zero attached hydrogens (tertiary/aromatic N) is 1. The van der Waals surface area contributed by atoms with Gasteiger partial charge in [0.2, 0.25) is 0 Å². The van der Waals surface area contributed by atoms with Crippen LogP contribution < -0.4 is 10.6 Å². The molecule has 0 bridgehead atoms. The average molecular weight is 258 g/mol. The summed E-state index contributed by atoms with van der Waals surface area (Å²) in [6, 6.07) is 14.9. The van der Waals surface area contributed by atoms with Gasteiger partial charge in [-0.05, 0) is 30.7 Å². The van der Waals surface area contributed by atoms with Crippen molar-refractivity contribution >= 4 is 5.69 Å². The molecule has 2 rings (SSSR count). The highest BCUT2D eigenvalue weighted by Gasteiger charge is 2.16. The van der Waals surface area contributed by atoms with Crippen molar-refractivity contribution in [3.8, 4) is 0 Å². The summed E-state index contributed by atoms with van der Waals surface area (Å²) in [6.07, 6.45) is 0. The van der Waals surface area contributed by atoms with E-state index in [-0.39, 0.29) is 11.9 Å². The van der Waals surface area contributed by atoms with E-state index < -0.39 is 0 Å². The summed E-state index contributed by atoms with van der Waals surface area (Å²) < 4.78 is 13.3. The Morgan fingerprint density at radius 3 is 2.42 bits per heavy atom. The third kappa shape index (κ3) is 3.12. The number of anilines is 1. The van der Waals surface area contributed by atoms with Crippen molar-refractivity contribution in [2.45, 2.75) is 13.0 Å². The maximum Gasteiger partial charge on any atom is 0.125 e. The van der Waals surface area contributed by atoms with Gasteiger partial charge in [-0.25, -0.2) is 4.39 Å². The molecule has 2 nitrogen and oxygen atoms in total. The largest absolute Gasteiger partial charge is 0.366 e. The lowest BCUT2D eigenvalue weighted by molar-refractivity contribution is 0.623. The van der Waals surface area contributed by atoms with Crippen molar-refractivity contribution in [3.63, 3.8) is 0 Å². The number of nitrogens with two attached hydrogens (primary N) is 1. The molecule has 19 heavy (non-hydrogen) atoms. The van der Waals surface area contributed by atoms with Crippen LogP contribution in [-0.4, -0.2) is 13.6 Å². The number of rotatable bonds is 4. The standard InChI is InChI=1S/C16H19FN2/c1-12-6-8-13(9-7-12)16(11-18)19(2)15-5-3-4-14(17)10-15/h3-10,16H,11,18H2,1-2H3. The lowest BCUT2D eigenvalue weighted by Gasteiger charge is -2.29. The minimum Gasteiger partial charge on any atom is -0.366 e. The lowest BCUT2D eigenvalue weighted by Crippen LogP contribution is -2.30. The molecule has 0 aromatic heterocycles. The van der Waals surface area contributed by atoms with Gasteiger partial charge in [0, 0.05) is 19.3 Å². The zero-order chi connectivity index (χ0) is 13.8. The van der Waals surface area contributed by atoms with E-state index in [2.05, 4.69) is 31.2 Å². The molecule has 0 spiro atoms. The van der Waals surface area contributed by atoms with E-state index in [0.717, 1.165) is 11.3 Å². The van der Waals surface area contributed by atoms with Crippen LogP contribution in [0.4, 0.5) is 10.1 Å². The van der Waals surface area contributed by atoms with Gasteiger partial charge in [0.15, 0.2) is 0 Å². The topological polar surface area (TPSA) is 29.3 Å². The maximum absolute atomic E-state index is 13.3. The summed E-state index contributed by atoms with van der Waals surface area (Å²) in [5.74, 6) is -0.232. The minimum absolute atomic E-state index is 0.0439. The van der Waals surface area contributed by atoms with E-state index >= 15 is 0 Å². The van der Waals surface area contributed by atoms with Gasteiger partial charge in [0.05, 0.1) is 6.04 Å². The van der Waals surface area contributed by atoms with Crippen molar-refractivity contribution in [1.29, 1.82) is 0 Å². The fourth-order valence-corrected chi connectivity index (χ4v) is 2.18. The first kappa shape index (κ1) is 13.6. The van der Waals surface area contributed by atoms with E-state index in [9.17, 15) is 4.39 Å². The Hall–Kier alpha value is -1.87. The monoisotopic (exact) mass is 258 g/mol. The van der Waals surface area contributed by atoms with Crippen molar-refractivity contribution < 1.29 is 4.39 Å². The van der Waals surface area contributed by atoms with Crippen molar-refractivity contribution in [2.24, 2.45) is 5.73 Å². The van der Waals surface area contributed by atoms with Crippen LogP contribution in [0.3, 0.4) is 0 Å². The zero-order valence-electron chi connectivity index (χ0n) is 11.3. The molecule has 2 aromatic carbocycles. The third-order valence-corrected chi connectivity index (χ3v) is 3.37. The normalized spacial score (nSPS) is 12.2. The summed E-state index contributed by atoms with van der Waals surface area (Å²) in [5, 5.41) is 0. The van der Waals surface area contributed by atoms with Gasteiger partial charge in [-0.2, -0.15) is 0 Å². The number of aryl methyl sites for hydroxylation is 1. The molecule has 0 heterocycles. The Bertz CT molecular complexity index is 537. The Kier molecular flexibility index (Phi) is 4.17. The van der Waals surface area contributed by atoms with Crippen molar-refractivity contribution in [1.82, 2.24) is 0 Å². The average Bonchev–Trinajstić information content (AvgIpc) is 2.41. The molecule has 0 radical (unpaired) electrons. The predicted molar refractivity (Wildman–Crippen MR) is 77.8 cm³/mol. The van der Waals surface area contributed by atoms with Crippen LogP contribution in [0.1, 0.15) is 17.2 Å². The molecule has 0 saturated heterocycles. The molecule has 0 amide bonds. The highest BCUT2D eigenvalue weighted by molar-refractivity contribution is 5.48. The smallest absolute Gasteiger partial charge is 0.125 e. The van der Waals surface area contributed by atoms with Gasteiger partial charge in [-0.3, -0.25) is 0 Å². The van der Waals surface area contributed by atoms with Gasteiger partial charge in [0.1, 0.15) is 5.82 Å². The van der Waals surface area contributed by atoms with Crippen LogP contribution in [0.5, 0.6) is 0 Å². The molecule has 2 N–H and O–H groups in total. The molecule has 0 aliphatic rings. The van der Waals surface area contributed by atoms with Crippen molar-refractivity contribution in [2.75, 3.05) is 18.5 Å². The fraction of sp³-hybridized carbons (Fsp3) is 0.250. The van der Waals surface area contributed by atoms with E-state index in [1.807, 2.05) is 18.0 Å². The van der Waals surface area contributed by atoms with E-state index in [1.165, 1.54) is 17.7 Å². The lowest BCUT2D eigenvalue weighted by atomic mass is 10.0. The van der Waals surface area contributed by atoms with Crippen molar-refractivity contribution in [3.05, 3.63) is 65.5 Å².